The Labute approximate surface area is 113 Å². The fourth-order valence-electron chi connectivity index (χ4n) is 1.99. The summed E-state index contributed by atoms with van der Waals surface area (Å²) in [5.74, 6) is 0.496. The van der Waals surface area contributed by atoms with Crippen molar-refractivity contribution in [2.75, 3.05) is 23.7 Å². The average Bonchev–Trinajstić information content (AvgIpc) is 2.35. The number of piperidine rings is 1. The quantitative estimate of drug-likeness (QED) is 0.865. The summed E-state index contributed by atoms with van der Waals surface area (Å²) in [6, 6.07) is 2.31. The van der Waals surface area contributed by atoms with Gasteiger partial charge in [0.1, 0.15) is 10.8 Å². The number of nitrogens with zero attached hydrogens (tertiary/aromatic N) is 3. The van der Waals surface area contributed by atoms with E-state index >= 15 is 0 Å². The van der Waals surface area contributed by atoms with Crippen molar-refractivity contribution in [3.8, 4) is 6.07 Å². The van der Waals surface area contributed by atoms with E-state index in [0.29, 0.717) is 10.8 Å². The van der Waals surface area contributed by atoms with Crippen molar-refractivity contribution in [3.63, 3.8) is 0 Å². The van der Waals surface area contributed by atoms with Crippen LogP contribution in [0.5, 0.6) is 0 Å². The molecular formula is C11H12BrClN4. The summed E-state index contributed by atoms with van der Waals surface area (Å²) >= 11 is 9.62. The van der Waals surface area contributed by atoms with Crippen LogP contribution in [0.15, 0.2) is 10.7 Å². The molecule has 90 valence electrons. The fraction of sp³-hybridized carbons (Fsp3) is 0.455. The Kier molecular flexibility index (Phi) is 3.75. The molecule has 0 aromatic carbocycles. The van der Waals surface area contributed by atoms with Gasteiger partial charge in [-0.25, -0.2) is 4.98 Å². The maximum absolute atomic E-state index is 8.87. The molecule has 1 aliphatic rings. The molecule has 6 heteroatoms. The van der Waals surface area contributed by atoms with Crippen molar-refractivity contribution in [2.24, 2.45) is 5.92 Å². The molecule has 1 fully saturated rings. The molecule has 2 rings (SSSR count). The molecule has 1 aliphatic heterocycles. The molecule has 0 saturated carbocycles. The largest absolute Gasteiger partial charge is 0.382 e. The van der Waals surface area contributed by atoms with Crippen molar-refractivity contribution in [1.29, 1.82) is 5.26 Å². The number of nitrogen functional groups attached to an aromatic ring is 1. The SMILES string of the molecule is N#CC1CCN(c2c(Br)cnc(N)c2Cl)CC1. The van der Waals surface area contributed by atoms with E-state index in [2.05, 4.69) is 31.9 Å². The van der Waals surface area contributed by atoms with E-state index in [1.165, 1.54) is 0 Å². The fourth-order valence-corrected chi connectivity index (χ4v) is 2.93. The summed E-state index contributed by atoms with van der Waals surface area (Å²) in [5.41, 5.74) is 6.59. The number of anilines is 2. The summed E-state index contributed by atoms with van der Waals surface area (Å²) in [6.07, 6.45) is 3.38. The number of hydrogen-bond acceptors (Lipinski definition) is 4. The van der Waals surface area contributed by atoms with Gasteiger partial charge in [-0.05, 0) is 28.8 Å². The van der Waals surface area contributed by atoms with Gasteiger partial charge in [0.05, 0.1) is 16.2 Å². The van der Waals surface area contributed by atoms with Crippen LogP contribution in [0.3, 0.4) is 0 Å². The second kappa shape index (κ2) is 5.11. The third-order valence-electron chi connectivity index (χ3n) is 2.97. The summed E-state index contributed by atoms with van der Waals surface area (Å²) in [7, 11) is 0. The maximum atomic E-state index is 8.87. The van der Waals surface area contributed by atoms with Crippen molar-refractivity contribution in [2.45, 2.75) is 12.8 Å². The normalized spacial score (nSPS) is 16.9. The number of hydrogen-bond donors (Lipinski definition) is 1. The highest BCUT2D eigenvalue weighted by atomic mass is 79.9. The van der Waals surface area contributed by atoms with Crippen molar-refractivity contribution in [1.82, 2.24) is 4.98 Å². The molecule has 2 heterocycles. The predicted octanol–water partition coefficient (Wildman–Crippen LogP) is 2.82. The molecule has 17 heavy (non-hydrogen) atoms. The molecule has 0 aliphatic carbocycles. The van der Waals surface area contributed by atoms with E-state index in [0.717, 1.165) is 36.1 Å². The highest BCUT2D eigenvalue weighted by molar-refractivity contribution is 9.10. The van der Waals surface area contributed by atoms with Gasteiger partial charge in [-0.3, -0.25) is 0 Å². The van der Waals surface area contributed by atoms with Crippen molar-refractivity contribution in [3.05, 3.63) is 15.7 Å². The van der Waals surface area contributed by atoms with Crippen LogP contribution in [-0.4, -0.2) is 18.1 Å². The van der Waals surface area contributed by atoms with Crippen LogP contribution in [-0.2, 0) is 0 Å². The molecule has 4 nitrogen and oxygen atoms in total. The minimum absolute atomic E-state index is 0.156. The Bertz CT molecular complexity index is 463. The lowest BCUT2D eigenvalue weighted by Crippen LogP contribution is -2.33. The van der Waals surface area contributed by atoms with Crippen molar-refractivity contribution < 1.29 is 0 Å². The first-order valence-electron chi connectivity index (χ1n) is 5.37. The molecule has 0 bridgehead atoms. The number of aromatic nitrogens is 1. The lowest BCUT2D eigenvalue weighted by molar-refractivity contribution is 0.487. The lowest BCUT2D eigenvalue weighted by atomic mass is 9.98. The third-order valence-corrected chi connectivity index (χ3v) is 3.92. The zero-order valence-corrected chi connectivity index (χ0v) is 11.5. The molecule has 1 aromatic heterocycles. The van der Waals surface area contributed by atoms with Gasteiger partial charge in [0.2, 0.25) is 0 Å². The van der Waals surface area contributed by atoms with Crippen LogP contribution in [0.25, 0.3) is 0 Å². The van der Waals surface area contributed by atoms with Crippen LogP contribution in [0, 0.1) is 17.2 Å². The van der Waals surface area contributed by atoms with Gasteiger partial charge in [0.25, 0.3) is 0 Å². The van der Waals surface area contributed by atoms with Gasteiger partial charge in [0.15, 0.2) is 0 Å². The maximum Gasteiger partial charge on any atom is 0.144 e. The molecule has 0 unspecified atom stereocenters. The van der Waals surface area contributed by atoms with Gasteiger partial charge in [0, 0.05) is 25.2 Å². The monoisotopic (exact) mass is 314 g/mol. The Morgan fingerprint density at radius 1 is 1.53 bits per heavy atom. The second-order valence-electron chi connectivity index (χ2n) is 4.04. The Morgan fingerprint density at radius 2 is 2.18 bits per heavy atom. The zero-order valence-electron chi connectivity index (χ0n) is 9.16. The first kappa shape index (κ1) is 12.5. The number of halogens is 2. The second-order valence-corrected chi connectivity index (χ2v) is 5.28. The molecule has 0 spiro atoms. The minimum atomic E-state index is 0.156. The topological polar surface area (TPSA) is 65.9 Å². The lowest BCUT2D eigenvalue weighted by Gasteiger charge is -2.32. The van der Waals surface area contributed by atoms with Gasteiger partial charge < -0.3 is 10.6 Å². The number of nitriles is 1. The highest BCUT2D eigenvalue weighted by Crippen LogP contribution is 2.38. The summed E-state index contributed by atoms with van der Waals surface area (Å²) in [5, 5.41) is 9.35. The van der Waals surface area contributed by atoms with Crippen LogP contribution >= 0.6 is 27.5 Å². The van der Waals surface area contributed by atoms with E-state index in [1.807, 2.05) is 0 Å². The van der Waals surface area contributed by atoms with E-state index in [4.69, 9.17) is 22.6 Å². The molecule has 0 atom stereocenters. The van der Waals surface area contributed by atoms with Gasteiger partial charge in [-0.1, -0.05) is 11.6 Å². The molecule has 0 radical (unpaired) electrons. The van der Waals surface area contributed by atoms with Gasteiger partial charge >= 0.3 is 0 Å². The number of pyridine rings is 1. The molecular weight excluding hydrogens is 304 g/mol. The van der Waals surface area contributed by atoms with E-state index in [1.54, 1.807) is 6.20 Å². The summed E-state index contributed by atoms with van der Waals surface area (Å²) in [6.45, 7) is 1.64. The van der Waals surface area contributed by atoms with Crippen LogP contribution in [0.4, 0.5) is 11.5 Å². The van der Waals surface area contributed by atoms with Crippen molar-refractivity contribution >= 4 is 39.0 Å². The highest BCUT2D eigenvalue weighted by Gasteiger charge is 2.23. The smallest absolute Gasteiger partial charge is 0.144 e. The zero-order chi connectivity index (χ0) is 12.4. The summed E-state index contributed by atoms with van der Waals surface area (Å²) in [4.78, 5) is 6.14. The van der Waals surface area contributed by atoms with Crippen LogP contribution in [0.1, 0.15) is 12.8 Å². The minimum Gasteiger partial charge on any atom is -0.382 e. The van der Waals surface area contributed by atoms with E-state index in [9.17, 15) is 0 Å². The van der Waals surface area contributed by atoms with E-state index in [-0.39, 0.29) is 5.92 Å². The van der Waals surface area contributed by atoms with Crippen LogP contribution < -0.4 is 10.6 Å². The first-order chi connectivity index (χ1) is 8.13. The first-order valence-corrected chi connectivity index (χ1v) is 6.54. The third kappa shape index (κ3) is 2.48. The van der Waals surface area contributed by atoms with Gasteiger partial charge in [-0.2, -0.15) is 5.26 Å². The standard InChI is InChI=1S/C11H12BrClN4/c12-8-6-16-11(15)9(13)10(8)17-3-1-7(5-14)2-4-17/h6-7H,1-4H2,(H2,15,16). The van der Waals surface area contributed by atoms with Gasteiger partial charge in [-0.15, -0.1) is 0 Å². The number of rotatable bonds is 1. The molecule has 1 aromatic rings. The Balaban J connectivity index is 2.25. The van der Waals surface area contributed by atoms with E-state index < -0.39 is 0 Å². The Hall–Kier alpha value is -0.990. The summed E-state index contributed by atoms with van der Waals surface area (Å²) < 4.78 is 0.840. The molecule has 1 saturated heterocycles. The predicted molar refractivity (Wildman–Crippen MR) is 71.9 cm³/mol. The number of nitrogens with two attached hydrogens (primary N) is 1. The Morgan fingerprint density at radius 3 is 2.76 bits per heavy atom. The molecule has 2 N–H and O–H groups in total. The average molecular weight is 316 g/mol. The van der Waals surface area contributed by atoms with Crippen LogP contribution in [0.2, 0.25) is 5.02 Å². The molecule has 0 amide bonds.